The van der Waals surface area contributed by atoms with E-state index in [4.69, 9.17) is 9.47 Å². The van der Waals surface area contributed by atoms with Gasteiger partial charge in [-0.25, -0.2) is 4.79 Å². The van der Waals surface area contributed by atoms with Crippen molar-refractivity contribution in [1.82, 2.24) is 10.6 Å². The van der Waals surface area contributed by atoms with Gasteiger partial charge in [0.1, 0.15) is 11.8 Å². The highest BCUT2D eigenvalue weighted by atomic mass is 16.5. The Bertz CT molecular complexity index is 628. The minimum atomic E-state index is -0.901. The predicted molar refractivity (Wildman–Crippen MR) is 95.4 cm³/mol. The highest BCUT2D eigenvalue weighted by Gasteiger charge is 2.31. The minimum Gasteiger partial charge on any atom is -0.484 e. The molecule has 0 aliphatic heterocycles. The largest absolute Gasteiger partial charge is 0.484 e. The molecule has 0 heterocycles. The van der Waals surface area contributed by atoms with Gasteiger partial charge in [-0.2, -0.15) is 0 Å². The van der Waals surface area contributed by atoms with Crippen LogP contribution in [-0.2, 0) is 19.1 Å². The molecule has 2 amide bonds. The van der Waals surface area contributed by atoms with Crippen molar-refractivity contribution in [2.75, 3.05) is 6.61 Å². The van der Waals surface area contributed by atoms with Crippen LogP contribution in [-0.4, -0.2) is 42.6 Å². The number of benzene rings is 1. The van der Waals surface area contributed by atoms with Crippen molar-refractivity contribution >= 4 is 17.8 Å². The summed E-state index contributed by atoms with van der Waals surface area (Å²) >= 11 is 0. The van der Waals surface area contributed by atoms with Crippen LogP contribution in [0, 0.1) is 5.92 Å². The van der Waals surface area contributed by atoms with Gasteiger partial charge >= 0.3 is 5.97 Å². The number of ether oxygens (including phenoxy) is 2. The van der Waals surface area contributed by atoms with Crippen molar-refractivity contribution in [3.8, 4) is 5.75 Å². The van der Waals surface area contributed by atoms with Crippen molar-refractivity contribution in [2.45, 2.75) is 51.8 Å². The summed E-state index contributed by atoms with van der Waals surface area (Å²) in [5, 5.41) is 5.40. The van der Waals surface area contributed by atoms with E-state index in [9.17, 15) is 14.4 Å². The summed E-state index contributed by atoms with van der Waals surface area (Å²) in [6.07, 6.45) is 1.01. The highest BCUT2D eigenvalue weighted by Crippen LogP contribution is 2.19. The van der Waals surface area contributed by atoms with Crippen molar-refractivity contribution in [3.05, 3.63) is 30.3 Å². The average molecular weight is 362 g/mol. The van der Waals surface area contributed by atoms with Crippen LogP contribution in [0.4, 0.5) is 0 Å². The zero-order valence-corrected chi connectivity index (χ0v) is 15.4. The maximum absolute atomic E-state index is 12.4. The average Bonchev–Trinajstić information content (AvgIpc) is 3.42. The summed E-state index contributed by atoms with van der Waals surface area (Å²) < 4.78 is 10.6. The molecule has 0 aromatic heterocycles. The summed E-state index contributed by atoms with van der Waals surface area (Å²) in [5.41, 5.74) is 0. The van der Waals surface area contributed by atoms with Crippen LogP contribution in [0.1, 0.15) is 33.6 Å². The van der Waals surface area contributed by atoms with Gasteiger partial charge in [-0.3, -0.25) is 9.59 Å². The quantitative estimate of drug-likeness (QED) is 0.648. The molecule has 7 nitrogen and oxygen atoms in total. The van der Waals surface area contributed by atoms with E-state index in [2.05, 4.69) is 10.6 Å². The molecule has 2 N–H and O–H groups in total. The number of hydrogen-bond donors (Lipinski definition) is 2. The lowest BCUT2D eigenvalue weighted by Crippen LogP contribution is -2.49. The fourth-order valence-corrected chi connectivity index (χ4v) is 2.23. The number of hydrogen-bond acceptors (Lipinski definition) is 5. The lowest BCUT2D eigenvalue weighted by atomic mass is 10.0. The van der Waals surface area contributed by atoms with Crippen LogP contribution >= 0.6 is 0 Å². The zero-order valence-electron chi connectivity index (χ0n) is 15.4. The molecule has 0 saturated heterocycles. The standard InChI is InChI=1S/C19H26N2O5/c1-12(2)17(19(24)26-13(3)18(23)20-14-9-10-14)21-16(22)11-25-15-7-5-4-6-8-15/h4-8,12-14,17H,9-11H2,1-3H3,(H,20,23)(H,21,22)/t13-,17-/m0/s1. The molecule has 0 spiro atoms. The van der Waals surface area contributed by atoms with Gasteiger partial charge in [0.15, 0.2) is 12.7 Å². The van der Waals surface area contributed by atoms with Crippen molar-refractivity contribution in [3.63, 3.8) is 0 Å². The first-order valence-corrected chi connectivity index (χ1v) is 8.85. The van der Waals surface area contributed by atoms with E-state index in [-0.39, 0.29) is 24.5 Å². The SMILES string of the molecule is CC(C)[C@H](NC(=O)COc1ccccc1)C(=O)O[C@@H](C)C(=O)NC1CC1. The molecule has 2 rings (SSSR count). The molecule has 0 bridgehead atoms. The Morgan fingerprint density at radius 1 is 1.12 bits per heavy atom. The molecule has 0 unspecified atom stereocenters. The molecule has 1 aromatic rings. The van der Waals surface area contributed by atoms with Gasteiger partial charge in [-0.15, -0.1) is 0 Å². The molecule has 1 aromatic carbocycles. The molecule has 26 heavy (non-hydrogen) atoms. The smallest absolute Gasteiger partial charge is 0.329 e. The Balaban J connectivity index is 1.82. The van der Waals surface area contributed by atoms with E-state index in [0.29, 0.717) is 5.75 Å². The monoisotopic (exact) mass is 362 g/mol. The third kappa shape index (κ3) is 6.38. The molecule has 0 radical (unpaired) electrons. The van der Waals surface area contributed by atoms with Crippen molar-refractivity contribution in [2.24, 2.45) is 5.92 Å². The first-order chi connectivity index (χ1) is 12.4. The van der Waals surface area contributed by atoms with Gasteiger partial charge in [0.2, 0.25) is 0 Å². The van der Waals surface area contributed by atoms with Gasteiger partial charge in [0.05, 0.1) is 0 Å². The maximum Gasteiger partial charge on any atom is 0.329 e. The number of amides is 2. The first-order valence-electron chi connectivity index (χ1n) is 8.85. The third-order valence-corrected chi connectivity index (χ3v) is 3.94. The Morgan fingerprint density at radius 3 is 2.35 bits per heavy atom. The van der Waals surface area contributed by atoms with Gasteiger partial charge < -0.3 is 20.1 Å². The molecule has 7 heteroatoms. The predicted octanol–water partition coefficient (Wildman–Crippen LogP) is 1.42. The second-order valence-corrected chi connectivity index (χ2v) is 6.75. The topological polar surface area (TPSA) is 93.7 Å². The number of carbonyl (C=O) groups excluding carboxylic acids is 3. The summed E-state index contributed by atoms with van der Waals surface area (Å²) in [6.45, 7) is 4.89. The second-order valence-electron chi connectivity index (χ2n) is 6.75. The number of carbonyl (C=O) groups is 3. The molecule has 1 aliphatic rings. The number of esters is 1. The van der Waals surface area contributed by atoms with Gasteiger partial charge in [0, 0.05) is 6.04 Å². The van der Waals surface area contributed by atoms with E-state index in [1.165, 1.54) is 6.92 Å². The van der Waals surface area contributed by atoms with Gasteiger partial charge in [0.25, 0.3) is 11.8 Å². The van der Waals surface area contributed by atoms with E-state index in [1.54, 1.807) is 38.1 Å². The second kappa shape index (κ2) is 9.22. The summed E-state index contributed by atoms with van der Waals surface area (Å²) in [7, 11) is 0. The van der Waals surface area contributed by atoms with Crippen LogP contribution in [0.5, 0.6) is 5.75 Å². The van der Waals surface area contributed by atoms with E-state index in [1.807, 2.05) is 6.07 Å². The summed E-state index contributed by atoms with van der Waals surface area (Å²) in [5.74, 6) is -1.01. The molecule has 1 saturated carbocycles. The van der Waals surface area contributed by atoms with Crippen molar-refractivity contribution in [1.29, 1.82) is 0 Å². The number of para-hydroxylation sites is 1. The molecule has 142 valence electrons. The van der Waals surface area contributed by atoms with Crippen molar-refractivity contribution < 1.29 is 23.9 Å². The fourth-order valence-electron chi connectivity index (χ4n) is 2.23. The molecule has 2 atom stereocenters. The van der Waals surface area contributed by atoms with Gasteiger partial charge in [-0.1, -0.05) is 32.0 Å². The van der Waals surface area contributed by atoms with Crippen LogP contribution in [0.15, 0.2) is 30.3 Å². The molecular formula is C19H26N2O5. The lowest BCUT2D eigenvalue weighted by molar-refractivity contribution is -0.158. The first kappa shape index (κ1) is 19.8. The third-order valence-electron chi connectivity index (χ3n) is 3.94. The number of nitrogens with one attached hydrogen (secondary N) is 2. The van der Waals surface area contributed by atoms with Crippen LogP contribution in [0.2, 0.25) is 0 Å². The molecule has 1 aliphatic carbocycles. The number of rotatable bonds is 9. The molecule has 1 fully saturated rings. The van der Waals surface area contributed by atoms with Gasteiger partial charge in [-0.05, 0) is 37.8 Å². The maximum atomic E-state index is 12.4. The highest BCUT2D eigenvalue weighted by molar-refractivity contribution is 5.88. The fraction of sp³-hybridized carbons (Fsp3) is 0.526. The van der Waals surface area contributed by atoms with Crippen LogP contribution in [0.25, 0.3) is 0 Å². The summed E-state index contributed by atoms with van der Waals surface area (Å²) in [4.78, 5) is 36.3. The van der Waals surface area contributed by atoms with E-state index >= 15 is 0 Å². The van der Waals surface area contributed by atoms with E-state index < -0.39 is 24.0 Å². The Morgan fingerprint density at radius 2 is 1.77 bits per heavy atom. The van der Waals surface area contributed by atoms with E-state index in [0.717, 1.165) is 12.8 Å². The Hall–Kier alpha value is -2.57. The van der Waals surface area contributed by atoms with Crippen LogP contribution < -0.4 is 15.4 Å². The Labute approximate surface area is 153 Å². The normalized spacial score (nSPS) is 15.7. The summed E-state index contributed by atoms with van der Waals surface area (Å²) in [6, 6.07) is 8.27. The Kier molecular flexibility index (Phi) is 7.00. The zero-order chi connectivity index (χ0) is 19.1. The van der Waals surface area contributed by atoms with Crippen LogP contribution in [0.3, 0.4) is 0 Å². The lowest BCUT2D eigenvalue weighted by Gasteiger charge is -2.23. The minimum absolute atomic E-state index is 0.193. The molecular weight excluding hydrogens is 336 g/mol.